The lowest BCUT2D eigenvalue weighted by Crippen LogP contribution is -2.36. The van der Waals surface area contributed by atoms with Gasteiger partial charge in [-0.3, -0.25) is 4.98 Å². The predicted octanol–water partition coefficient (Wildman–Crippen LogP) is 3.42. The van der Waals surface area contributed by atoms with Gasteiger partial charge in [0, 0.05) is 42.2 Å². The number of rotatable bonds is 5. The summed E-state index contributed by atoms with van der Waals surface area (Å²) < 4.78 is 59.1. The number of nitrogens with zero attached hydrogens (tertiary/aromatic N) is 2. The fourth-order valence-corrected chi connectivity index (χ4v) is 4.91. The van der Waals surface area contributed by atoms with Crippen LogP contribution in [0.1, 0.15) is 5.56 Å². The number of aromatic nitrogens is 1. The minimum Gasteiger partial charge on any atom is -0.397 e. The van der Waals surface area contributed by atoms with Crippen molar-refractivity contribution in [2.75, 3.05) is 36.9 Å². The number of morpholine rings is 1. The summed E-state index contributed by atoms with van der Waals surface area (Å²) in [4.78, 5) is 6.33. The minimum absolute atomic E-state index is 0.0141. The van der Waals surface area contributed by atoms with E-state index in [-0.39, 0.29) is 10.5 Å². The van der Waals surface area contributed by atoms with E-state index in [1.165, 1.54) is 6.07 Å². The molecule has 4 rings (SSSR count). The third-order valence-corrected chi connectivity index (χ3v) is 6.74. The normalized spacial score (nSPS) is 14.6. The predicted molar refractivity (Wildman–Crippen MR) is 114 cm³/mol. The number of hydrogen-bond donors (Lipinski definition) is 1. The quantitative estimate of drug-likeness (QED) is 0.648. The molecule has 1 aromatic heterocycles. The first-order valence-electron chi connectivity index (χ1n) is 9.69. The molecule has 1 saturated heterocycles. The maximum Gasteiger partial charge on any atom is 0.182 e. The van der Waals surface area contributed by atoms with Crippen LogP contribution in [0.25, 0.3) is 11.3 Å². The topological polar surface area (TPSA) is 85.5 Å². The maximum absolute atomic E-state index is 14.1. The van der Waals surface area contributed by atoms with E-state index in [9.17, 15) is 17.2 Å². The molecule has 2 heterocycles. The van der Waals surface area contributed by atoms with E-state index in [1.54, 1.807) is 24.4 Å². The fourth-order valence-electron chi connectivity index (χ4n) is 3.49. The van der Waals surface area contributed by atoms with Crippen molar-refractivity contribution in [2.24, 2.45) is 0 Å². The Bertz CT molecular complexity index is 1210. The van der Waals surface area contributed by atoms with Crippen LogP contribution in [-0.2, 0) is 20.3 Å². The number of nitrogens with two attached hydrogens (primary N) is 1. The average Bonchev–Trinajstić information content (AvgIpc) is 2.76. The van der Waals surface area contributed by atoms with Crippen molar-refractivity contribution in [1.82, 2.24) is 4.98 Å². The first kappa shape index (κ1) is 21.2. The molecule has 9 heteroatoms. The molecule has 1 aliphatic rings. The summed E-state index contributed by atoms with van der Waals surface area (Å²) in [5.74, 6) is -2.26. The van der Waals surface area contributed by atoms with Gasteiger partial charge in [0.05, 0.1) is 35.2 Å². The number of halogens is 2. The molecule has 0 bridgehead atoms. The minimum atomic E-state index is -3.94. The summed E-state index contributed by atoms with van der Waals surface area (Å²) >= 11 is 0. The van der Waals surface area contributed by atoms with Gasteiger partial charge in [-0.05, 0) is 36.4 Å². The Kier molecular flexibility index (Phi) is 5.88. The number of pyridine rings is 1. The standard InChI is InChI=1S/C22H21F2N3O3S/c23-17-4-3-15(20(24)12-17)14-31(28,29)19-11-16(22-21(25)2-1-5-26-22)10-18(13-19)27-6-8-30-9-7-27/h1-5,10-13H,6-9,14,25H2. The molecule has 1 fully saturated rings. The Morgan fingerprint density at radius 2 is 1.84 bits per heavy atom. The number of sulfone groups is 1. The SMILES string of the molecule is Nc1cccnc1-c1cc(N2CCOCC2)cc(S(=O)(=O)Cc2ccc(F)cc2F)c1. The number of anilines is 2. The average molecular weight is 445 g/mol. The van der Waals surface area contributed by atoms with E-state index in [0.717, 1.165) is 12.1 Å². The third-order valence-electron chi connectivity index (χ3n) is 5.10. The Labute approximate surface area is 179 Å². The summed E-state index contributed by atoms with van der Waals surface area (Å²) in [7, 11) is -3.94. The molecule has 0 aliphatic carbocycles. The van der Waals surface area contributed by atoms with E-state index >= 15 is 0 Å². The van der Waals surface area contributed by atoms with Gasteiger partial charge < -0.3 is 15.4 Å². The van der Waals surface area contributed by atoms with Crippen LogP contribution in [0, 0.1) is 11.6 Å². The fraction of sp³-hybridized carbons (Fsp3) is 0.227. The molecule has 0 unspecified atom stereocenters. The zero-order chi connectivity index (χ0) is 22.0. The molecule has 162 valence electrons. The van der Waals surface area contributed by atoms with Gasteiger partial charge in [0.2, 0.25) is 0 Å². The van der Waals surface area contributed by atoms with Crippen LogP contribution < -0.4 is 10.6 Å². The zero-order valence-corrected chi connectivity index (χ0v) is 17.4. The van der Waals surface area contributed by atoms with Gasteiger partial charge >= 0.3 is 0 Å². The first-order chi connectivity index (χ1) is 14.8. The van der Waals surface area contributed by atoms with Crippen molar-refractivity contribution >= 4 is 21.2 Å². The van der Waals surface area contributed by atoms with E-state index in [1.807, 2.05) is 11.0 Å². The van der Waals surface area contributed by atoms with E-state index in [2.05, 4.69) is 4.98 Å². The van der Waals surface area contributed by atoms with Gasteiger partial charge in [0.25, 0.3) is 0 Å². The lowest BCUT2D eigenvalue weighted by atomic mass is 10.1. The second kappa shape index (κ2) is 8.60. The van der Waals surface area contributed by atoms with Gasteiger partial charge in [-0.1, -0.05) is 6.07 Å². The summed E-state index contributed by atoms with van der Waals surface area (Å²) in [5.41, 5.74) is 8.07. The molecule has 0 radical (unpaired) electrons. The van der Waals surface area contributed by atoms with Crippen molar-refractivity contribution in [3.8, 4) is 11.3 Å². The molecule has 31 heavy (non-hydrogen) atoms. The third kappa shape index (κ3) is 4.67. The summed E-state index contributed by atoms with van der Waals surface area (Å²) in [6.07, 6.45) is 1.58. The number of ether oxygens (including phenoxy) is 1. The first-order valence-corrected chi connectivity index (χ1v) is 11.3. The molecule has 3 aromatic rings. The summed E-state index contributed by atoms with van der Waals surface area (Å²) in [6.45, 7) is 2.26. The lowest BCUT2D eigenvalue weighted by molar-refractivity contribution is 0.122. The van der Waals surface area contributed by atoms with E-state index in [0.29, 0.717) is 55.0 Å². The molecular weight excluding hydrogens is 424 g/mol. The van der Waals surface area contributed by atoms with Crippen molar-refractivity contribution in [3.63, 3.8) is 0 Å². The smallest absolute Gasteiger partial charge is 0.182 e. The molecule has 0 amide bonds. The van der Waals surface area contributed by atoms with Gasteiger partial charge in [0.1, 0.15) is 11.6 Å². The van der Waals surface area contributed by atoms with E-state index in [4.69, 9.17) is 10.5 Å². The summed E-state index contributed by atoms with van der Waals surface area (Å²) in [5, 5.41) is 0. The second-order valence-corrected chi connectivity index (χ2v) is 9.24. The van der Waals surface area contributed by atoms with Crippen molar-refractivity contribution < 1.29 is 21.9 Å². The molecule has 2 aromatic carbocycles. The Morgan fingerprint density at radius 3 is 2.55 bits per heavy atom. The van der Waals surface area contributed by atoms with Gasteiger partial charge in [-0.2, -0.15) is 0 Å². The Hall–Kier alpha value is -3.04. The molecule has 6 nitrogen and oxygen atoms in total. The van der Waals surface area contributed by atoms with Crippen molar-refractivity contribution in [2.45, 2.75) is 10.6 Å². The Balaban J connectivity index is 1.80. The van der Waals surface area contributed by atoms with Crippen molar-refractivity contribution in [3.05, 3.63) is 71.9 Å². The molecule has 2 N–H and O–H groups in total. The van der Waals surface area contributed by atoms with Crippen LogP contribution in [0.2, 0.25) is 0 Å². The highest BCUT2D eigenvalue weighted by atomic mass is 32.2. The van der Waals surface area contributed by atoms with Gasteiger partial charge in [-0.25, -0.2) is 17.2 Å². The molecule has 1 aliphatic heterocycles. The zero-order valence-electron chi connectivity index (χ0n) is 16.6. The van der Waals surface area contributed by atoms with Crippen LogP contribution >= 0.6 is 0 Å². The summed E-state index contributed by atoms with van der Waals surface area (Å²) in [6, 6.07) is 11.1. The maximum atomic E-state index is 14.1. The van der Waals surface area contributed by atoms with Crippen molar-refractivity contribution in [1.29, 1.82) is 0 Å². The number of nitrogen functional groups attached to an aromatic ring is 1. The van der Waals surface area contributed by atoms with Gasteiger partial charge in [0.15, 0.2) is 9.84 Å². The highest BCUT2D eigenvalue weighted by molar-refractivity contribution is 7.90. The highest BCUT2D eigenvalue weighted by Gasteiger charge is 2.22. The molecular formula is C22H21F2N3O3S. The van der Waals surface area contributed by atoms with Crippen LogP contribution in [0.3, 0.4) is 0 Å². The Morgan fingerprint density at radius 1 is 1.06 bits per heavy atom. The molecule has 0 spiro atoms. The monoisotopic (exact) mass is 445 g/mol. The molecule has 0 saturated carbocycles. The number of hydrogen-bond acceptors (Lipinski definition) is 6. The second-order valence-electron chi connectivity index (χ2n) is 7.25. The lowest BCUT2D eigenvalue weighted by Gasteiger charge is -2.29. The molecule has 0 atom stereocenters. The van der Waals surface area contributed by atoms with Crippen LogP contribution in [0.4, 0.5) is 20.2 Å². The van der Waals surface area contributed by atoms with Gasteiger partial charge in [-0.15, -0.1) is 0 Å². The highest BCUT2D eigenvalue weighted by Crippen LogP contribution is 2.32. The largest absolute Gasteiger partial charge is 0.397 e. The van der Waals surface area contributed by atoms with E-state index < -0.39 is 27.2 Å². The van der Waals surface area contributed by atoms with Crippen LogP contribution in [0.15, 0.2) is 59.6 Å². The number of benzene rings is 2. The van der Waals surface area contributed by atoms with Crippen LogP contribution in [-0.4, -0.2) is 39.7 Å². The van der Waals surface area contributed by atoms with Crippen LogP contribution in [0.5, 0.6) is 0 Å².